The van der Waals surface area contributed by atoms with E-state index in [0.717, 1.165) is 21.9 Å². The van der Waals surface area contributed by atoms with E-state index >= 15 is 0 Å². The van der Waals surface area contributed by atoms with Gasteiger partial charge in [-0.1, -0.05) is 46.3 Å². The first-order chi connectivity index (χ1) is 15.5. The first-order valence-corrected chi connectivity index (χ1v) is 13.5. The number of likely N-dealkylation sites (N-methyl/N-ethyl adjacent to an activating group) is 1. The zero-order valence-electron chi connectivity index (χ0n) is 19.5. The van der Waals surface area contributed by atoms with Crippen LogP contribution in [-0.4, -0.2) is 50.5 Å². The van der Waals surface area contributed by atoms with Crippen LogP contribution in [-0.2, 0) is 26.2 Å². The molecular formula is C24H32BrN3O4S. The molecule has 0 saturated heterocycles. The van der Waals surface area contributed by atoms with Gasteiger partial charge >= 0.3 is 0 Å². The lowest BCUT2D eigenvalue weighted by molar-refractivity contribution is -0.140. The van der Waals surface area contributed by atoms with Gasteiger partial charge in [0.1, 0.15) is 6.04 Å². The molecule has 2 aromatic carbocycles. The predicted molar refractivity (Wildman–Crippen MR) is 135 cm³/mol. The Morgan fingerprint density at radius 1 is 1.09 bits per heavy atom. The highest BCUT2D eigenvalue weighted by atomic mass is 79.9. The van der Waals surface area contributed by atoms with Crippen molar-refractivity contribution in [3.8, 4) is 0 Å². The van der Waals surface area contributed by atoms with Crippen molar-refractivity contribution in [2.24, 2.45) is 0 Å². The van der Waals surface area contributed by atoms with Gasteiger partial charge in [-0.15, -0.1) is 0 Å². The van der Waals surface area contributed by atoms with Crippen LogP contribution in [0.15, 0.2) is 53.0 Å². The van der Waals surface area contributed by atoms with Crippen molar-refractivity contribution >= 4 is 43.5 Å². The van der Waals surface area contributed by atoms with Gasteiger partial charge < -0.3 is 10.2 Å². The average Bonchev–Trinajstić information content (AvgIpc) is 2.76. The number of halogens is 1. The van der Waals surface area contributed by atoms with Crippen molar-refractivity contribution < 1.29 is 18.0 Å². The van der Waals surface area contributed by atoms with Crippen molar-refractivity contribution in [2.45, 2.75) is 46.2 Å². The molecule has 1 N–H and O–H groups in total. The molecule has 2 rings (SSSR count). The first kappa shape index (κ1) is 26.9. The summed E-state index contributed by atoms with van der Waals surface area (Å²) in [5.41, 5.74) is 2.35. The van der Waals surface area contributed by atoms with Gasteiger partial charge in [0.2, 0.25) is 21.8 Å². The monoisotopic (exact) mass is 537 g/mol. The summed E-state index contributed by atoms with van der Waals surface area (Å²) in [6.45, 7) is 6.33. The van der Waals surface area contributed by atoms with E-state index in [9.17, 15) is 18.0 Å². The van der Waals surface area contributed by atoms with E-state index in [1.165, 1.54) is 4.31 Å². The number of carbonyl (C=O) groups is 2. The number of nitrogens with zero attached hydrogens (tertiary/aromatic N) is 2. The minimum absolute atomic E-state index is 0.123. The molecule has 9 heteroatoms. The lowest BCUT2D eigenvalue weighted by Gasteiger charge is -2.29. The Hall–Kier alpha value is -2.39. The second kappa shape index (κ2) is 12.2. The number of rotatable bonds is 11. The smallest absolute Gasteiger partial charge is 0.242 e. The van der Waals surface area contributed by atoms with Crippen molar-refractivity contribution in [1.29, 1.82) is 0 Å². The van der Waals surface area contributed by atoms with E-state index in [-0.39, 0.29) is 31.3 Å². The molecule has 0 heterocycles. The largest absolute Gasteiger partial charge is 0.355 e. The van der Waals surface area contributed by atoms with Gasteiger partial charge in [-0.05, 0) is 56.5 Å². The fourth-order valence-corrected chi connectivity index (χ4v) is 4.80. The minimum Gasteiger partial charge on any atom is -0.355 e. The summed E-state index contributed by atoms with van der Waals surface area (Å²) in [6, 6.07) is 14.2. The summed E-state index contributed by atoms with van der Waals surface area (Å²) < 4.78 is 27.1. The maximum atomic E-state index is 13.2. The number of sulfonamides is 1. The summed E-state index contributed by atoms with van der Waals surface area (Å²) in [6.07, 6.45) is 1.62. The van der Waals surface area contributed by atoms with Crippen LogP contribution >= 0.6 is 15.9 Å². The molecular weight excluding hydrogens is 506 g/mol. The molecule has 0 spiro atoms. The van der Waals surface area contributed by atoms with Crippen LogP contribution in [0.1, 0.15) is 37.8 Å². The molecule has 0 aliphatic heterocycles. The van der Waals surface area contributed by atoms with E-state index in [1.54, 1.807) is 24.0 Å². The van der Waals surface area contributed by atoms with E-state index in [4.69, 9.17) is 0 Å². The van der Waals surface area contributed by atoms with Gasteiger partial charge in [-0.3, -0.25) is 13.9 Å². The summed E-state index contributed by atoms with van der Waals surface area (Å²) in [5.74, 6) is -0.421. The molecule has 0 aliphatic rings. The molecule has 7 nitrogen and oxygen atoms in total. The van der Waals surface area contributed by atoms with E-state index in [0.29, 0.717) is 18.7 Å². The molecule has 1 atom stereocenters. The van der Waals surface area contributed by atoms with Crippen molar-refractivity contribution in [3.63, 3.8) is 0 Å². The maximum absolute atomic E-state index is 13.2. The Bertz CT molecular complexity index is 1060. The van der Waals surface area contributed by atoms with Crippen molar-refractivity contribution in [3.05, 3.63) is 64.1 Å². The van der Waals surface area contributed by atoms with Gasteiger partial charge in [0.25, 0.3) is 0 Å². The standard InChI is InChI=1S/C24H32BrN3O4S/c1-5-26-24(30)19(3)27(17-20-12-14-21(25)15-13-20)23(29)11-8-16-28(33(4,31)32)22-10-7-6-9-18(22)2/h6-7,9-10,12-15,19H,5,8,11,16-17H2,1-4H3,(H,26,30)/t19-/m0/s1. The van der Waals surface area contributed by atoms with Crippen LogP contribution in [0.25, 0.3) is 0 Å². The van der Waals surface area contributed by atoms with Crippen LogP contribution in [0.2, 0.25) is 0 Å². The first-order valence-electron chi connectivity index (χ1n) is 10.9. The van der Waals surface area contributed by atoms with Gasteiger partial charge in [0.15, 0.2) is 0 Å². The summed E-state index contributed by atoms with van der Waals surface area (Å²) >= 11 is 3.40. The fraction of sp³-hybridized carbons (Fsp3) is 0.417. The SMILES string of the molecule is CCNC(=O)[C@H](C)N(Cc1ccc(Br)cc1)C(=O)CCCN(c1ccccc1C)S(C)(=O)=O. The fourth-order valence-electron chi connectivity index (χ4n) is 3.52. The quantitative estimate of drug-likeness (QED) is 0.471. The zero-order valence-corrected chi connectivity index (χ0v) is 21.9. The Morgan fingerprint density at radius 2 is 1.73 bits per heavy atom. The zero-order chi connectivity index (χ0) is 24.6. The highest BCUT2D eigenvalue weighted by Crippen LogP contribution is 2.23. The third kappa shape index (κ3) is 7.85. The average molecular weight is 539 g/mol. The van der Waals surface area contributed by atoms with Crippen LogP contribution in [0.3, 0.4) is 0 Å². The highest BCUT2D eigenvalue weighted by Gasteiger charge is 2.26. The Balaban J connectivity index is 2.15. The number of para-hydroxylation sites is 1. The molecule has 0 fully saturated rings. The Kier molecular flexibility index (Phi) is 9.91. The minimum atomic E-state index is -3.51. The van der Waals surface area contributed by atoms with Crippen molar-refractivity contribution in [1.82, 2.24) is 10.2 Å². The number of carbonyl (C=O) groups excluding carboxylic acids is 2. The van der Waals surface area contributed by atoms with Gasteiger partial charge in [0.05, 0.1) is 11.9 Å². The van der Waals surface area contributed by atoms with Crippen LogP contribution in [0.4, 0.5) is 5.69 Å². The Morgan fingerprint density at radius 3 is 2.30 bits per heavy atom. The van der Waals surface area contributed by atoms with Gasteiger partial charge in [-0.2, -0.15) is 0 Å². The van der Waals surface area contributed by atoms with Crippen LogP contribution in [0, 0.1) is 6.92 Å². The lowest BCUT2D eigenvalue weighted by Crippen LogP contribution is -2.47. The van der Waals surface area contributed by atoms with Gasteiger partial charge in [-0.25, -0.2) is 8.42 Å². The molecule has 0 radical (unpaired) electrons. The molecule has 2 amide bonds. The highest BCUT2D eigenvalue weighted by molar-refractivity contribution is 9.10. The topological polar surface area (TPSA) is 86.8 Å². The molecule has 2 aromatic rings. The molecule has 0 aliphatic carbocycles. The van der Waals surface area contributed by atoms with Crippen LogP contribution in [0.5, 0.6) is 0 Å². The molecule has 0 bridgehead atoms. The lowest BCUT2D eigenvalue weighted by atomic mass is 10.1. The van der Waals surface area contributed by atoms with Crippen molar-refractivity contribution in [2.75, 3.05) is 23.7 Å². The second-order valence-corrected chi connectivity index (χ2v) is 10.8. The van der Waals surface area contributed by atoms with E-state index in [2.05, 4.69) is 21.2 Å². The number of aryl methyl sites for hydroxylation is 1. The summed E-state index contributed by atoms with van der Waals surface area (Å²) in [5, 5.41) is 2.77. The number of hydrogen-bond acceptors (Lipinski definition) is 4. The third-order valence-electron chi connectivity index (χ3n) is 5.32. The van der Waals surface area contributed by atoms with Crippen LogP contribution < -0.4 is 9.62 Å². The predicted octanol–water partition coefficient (Wildman–Crippen LogP) is 3.86. The molecule has 0 saturated carbocycles. The number of anilines is 1. The molecule has 0 unspecified atom stereocenters. The molecule has 33 heavy (non-hydrogen) atoms. The molecule has 180 valence electrons. The second-order valence-electron chi connectivity index (χ2n) is 7.94. The number of hydrogen-bond donors (Lipinski definition) is 1. The third-order valence-corrected chi connectivity index (χ3v) is 7.03. The Labute approximate surface area is 205 Å². The summed E-state index contributed by atoms with van der Waals surface area (Å²) in [7, 11) is -3.51. The van der Waals surface area contributed by atoms with E-state index in [1.807, 2.05) is 50.2 Å². The van der Waals surface area contributed by atoms with Gasteiger partial charge in [0, 0.05) is 30.5 Å². The number of benzene rings is 2. The van der Waals surface area contributed by atoms with E-state index < -0.39 is 16.1 Å². The maximum Gasteiger partial charge on any atom is 0.242 e. The normalized spacial score (nSPS) is 12.2. The molecule has 0 aromatic heterocycles. The number of nitrogens with one attached hydrogen (secondary N) is 1. The summed E-state index contributed by atoms with van der Waals surface area (Å²) in [4.78, 5) is 27.2. The number of amides is 2.